The molecule has 1 aliphatic rings. The number of methoxy groups -OCH3 is 1. The lowest BCUT2D eigenvalue weighted by atomic mass is 10.1. The number of nitrogens with one attached hydrogen (secondary N) is 1. The average molecular weight is 439 g/mol. The highest BCUT2D eigenvalue weighted by Crippen LogP contribution is 2.30. The Labute approximate surface area is 185 Å². The Morgan fingerprint density at radius 3 is 2.71 bits per heavy atom. The monoisotopic (exact) mass is 438 g/mol. The Hall–Kier alpha value is -3.06. The molecule has 6 nitrogen and oxygen atoms in total. The van der Waals surface area contributed by atoms with Crippen molar-refractivity contribution >= 4 is 23.2 Å². The first-order valence-corrected chi connectivity index (χ1v) is 11.3. The molecular formula is C24H26N2O4S. The molecule has 1 aliphatic carbocycles. The lowest BCUT2D eigenvalue weighted by molar-refractivity contribution is -0.126. The molecule has 1 atom stereocenters. The summed E-state index contributed by atoms with van der Waals surface area (Å²) in [5, 5.41) is 5.10. The molecule has 0 spiro atoms. The molecule has 7 heteroatoms. The normalized spacial score (nSPS) is 14.9. The largest absolute Gasteiger partial charge is 0.497 e. The minimum Gasteiger partial charge on any atom is -0.497 e. The van der Waals surface area contributed by atoms with E-state index in [-0.39, 0.29) is 30.2 Å². The fourth-order valence-electron chi connectivity index (χ4n) is 4.01. The highest BCUT2D eigenvalue weighted by molar-refractivity contribution is 7.10. The van der Waals surface area contributed by atoms with Gasteiger partial charge >= 0.3 is 0 Å². The Morgan fingerprint density at radius 1 is 1.19 bits per heavy atom. The molecule has 31 heavy (non-hydrogen) atoms. The molecule has 0 aliphatic heterocycles. The third-order valence-corrected chi connectivity index (χ3v) is 6.48. The molecule has 1 fully saturated rings. The zero-order chi connectivity index (χ0) is 21.6. The highest BCUT2D eigenvalue weighted by Gasteiger charge is 2.35. The number of amides is 2. The van der Waals surface area contributed by atoms with Gasteiger partial charge in [0.15, 0.2) is 5.76 Å². The molecule has 162 valence electrons. The van der Waals surface area contributed by atoms with Gasteiger partial charge in [0, 0.05) is 17.5 Å². The Kier molecular flexibility index (Phi) is 6.72. The maximum atomic E-state index is 13.5. The van der Waals surface area contributed by atoms with Crippen LogP contribution >= 0.6 is 11.3 Å². The van der Waals surface area contributed by atoms with Crippen LogP contribution in [0.5, 0.6) is 5.75 Å². The van der Waals surface area contributed by atoms with Gasteiger partial charge in [0.2, 0.25) is 5.91 Å². The van der Waals surface area contributed by atoms with Crippen LogP contribution < -0.4 is 10.1 Å². The molecule has 0 saturated heterocycles. The van der Waals surface area contributed by atoms with E-state index < -0.39 is 6.04 Å². The zero-order valence-electron chi connectivity index (χ0n) is 17.5. The van der Waals surface area contributed by atoms with Gasteiger partial charge in [-0.15, -0.1) is 11.3 Å². The standard InChI is InChI=1S/C24H26N2O4S/c1-29-19-10-4-7-17(15-19)16-26(24(28)20-11-5-13-30-20)22(21-12-6-14-31-21)23(27)25-18-8-2-3-9-18/h4-7,10-15,18,22H,2-3,8-9,16H2,1H3,(H,25,27)/t22-/m0/s1. The summed E-state index contributed by atoms with van der Waals surface area (Å²) in [7, 11) is 1.61. The SMILES string of the molecule is COc1cccc(CN(C(=O)c2ccco2)[C@H](C(=O)NC2CCCC2)c2cccs2)c1. The van der Waals surface area contributed by atoms with E-state index in [0.717, 1.165) is 36.1 Å². The molecule has 3 aromatic rings. The van der Waals surface area contributed by atoms with Gasteiger partial charge in [-0.1, -0.05) is 31.0 Å². The van der Waals surface area contributed by atoms with Crippen LogP contribution in [-0.2, 0) is 11.3 Å². The van der Waals surface area contributed by atoms with E-state index in [1.165, 1.54) is 17.6 Å². The quantitative estimate of drug-likeness (QED) is 0.549. The zero-order valence-corrected chi connectivity index (χ0v) is 18.3. The van der Waals surface area contributed by atoms with Crippen molar-refractivity contribution in [2.45, 2.75) is 44.3 Å². The number of furan rings is 1. The van der Waals surface area contributed by atoms with Crippen LogP contribution in [0, 0.1) is 0 Å². The number of carbonyl (C=O) groups is 2. The predicted molar refractivity (Wildman–Crippen MR) is 119 cm³/mol. The maximum absolute atomic E-state index is 13.5. The molecule has 1 N–H and O–H groups in total. The Bertz CT molecular complexity index is 995. The number of rotatable bonds is 8. The molecule has 4 rings (SSSR count). The number of benzene rings is 1. The molecule has 1 saturated carbocycles. The second kappa shape index (κ2) is 9.83. The van der Waals surface area contributed by atoms with Crippen molar-refractivity contribution in [2.75, 3.05) is 7.11 Å². The molecule has 2 amide bonds. The van der Waals surface area contributed by atoms with Crippen molar-refractivity contribution in [3.8, 4) is 5.75 Å². The van der Waals surface area contributed by atoms with Crippen molar-refractivity contribution in [3.05, 3.63) is 76.4 Å². The van der Waals surface area contributed by atoms with Gasteiger partial charge in [0.25, 0.3) is 5.91 Å². The lowest BCUT2D eigenvalue weighted by Crippen LogP contribution is -2.45. The number of thiophene rings is 1. The average Bonchev–Trinajstić information content (AvgIpc) is 3.56. The van der Waals surface area contributed by atoms with Gasteiger partial charge < -0.3 is 19.4 Å². The van der Waals surface area contributed by atoms with E-state index in [0.29, 0.717) is 5.75 Å². The summed E-state index contributed by atoms with van der Waals surface area (Å²) in [5.74, 6) is 0.425. The number of hydrogen-bond donors (Lipinski definition) is 1. The second-order valence-electron chi connectivity index (χ2n) is 7.67. The van der Waals surface area contributed by atoms with Crippen LogP contribution in [-0.4, -0.2) is 29.9 Å². The topological polar surface area (TPSA) is 71.8 Å². The van der Waals surface area contributed by atoms with Crippen molar-refractivity contribution in [2.24, 2.45) is 0 Å². The summed E-state index contributed by atoms with van der Waals surface area (Å²) in [6.07, 6.45) is 5.66. The van der Waals surface area contributed by atoms with Crippen molar-refractivity contribution < 1.29 is 18.7 Å². The van der Waals surface area contributed by atoms with E-state index in [2.05, 4.69) is 5.32 Å². The van der Waals surface area contributed by atoms with Crippen LogP contribution in [0.1, 0.15) is 52.7 Å². The number of ether oxygens (including phenoxy) is 1. The molecular weight excluding hydrogens is 412 g/mol. The van der Waals surface area contributed by atoms with E-state index in [1.54, 1.807) is 24.1 Å². The minimum absolute atomic E-state index is 0.155. The van der Waals surface area contributed by atoms with Gasteiger partial charge in [-0.05, 0) is 54.1 Å². The van der Waals surface area contributed by atoms with Gasteiger partial charge in [0.05, 0.1) is 13.4 Å². The van der Waals surface area contributed by atoms with Crippen molar-refractivity contribution in [1.29, 1.82) is 0 Å². The first-order valence-electron chi connectivity index (χ1n) is 10.5. The van der Waals surface area contributed by atoms with Crippen LogP contribution in [0.25, 0.3) is 0 Å². The van der Waals surface area contributed by atoms with Crippen molar-refractivity contribution in [1.82, 2.24) is 10.2 Å². The summed E-state index contributed by atoms with van der Waals surface area (Å²) in [6.45, 7) is 0.247. The molecule has 2 heterocycles. The minimum atomic E-state index is -0.746. The second-order valence-corrected chi connectivity index (χ2v) is 8.65. The summed E-state index contributed by atoms with van der Waals surface area (Å²) in [4.78, 5) is 29.3. The molecule has 0 bridgehead atoms. The summed E-state index contributed by atoms with van der Waals surface area (Å²) in [5.41, 5.74) is 0.870. The van der Waals surface area contributed by atoms with E-state index in [1.807, 2.05) is 41.8 Å². The summed E-state index contributed by atoms with van der Waals surface area (Å²) < 4.78 is 10.7. The predicted octanol–water partition coefficient (Wildman–Crippen LogP) is 4.79. The lowest BCUT2D eigenvalue weighted by Gasteiger charge is -2.31. The van der Waals surface area contributed by atoms with Gasteiger partial charge in [-0.3, -0.25) is 9.59 Å². The summed E-state index contributed by atoms with van der Waals surface area (Å²) >= 11 is 1.47. The molecule has 0 radical (unpaired) electrons. The van der Waals surface area contributed by atoms with Gasteiger partial charge in [-0.25, -0.2) is 0 Å². The fourth-order valence-corrected chi connectivity index (χ4v) is 4.85. The first kappa shape index (κ1) is 21.2. The van der Waals surface area contributed by atoms with Crippen LogP contribution in [0.2, 0.25) is 0 Å². The fraction of sp³-hybridized carbons (Fsp3) is 0.333. The van der Waals surface area contributed by atoms with Crippen LogP contribution in [0.4, 0.5) is 0 Å². The number of nitrogens with zero attached hydrogens (tertiary/aromatic N) is 1. The third-order valence-electron chi connectivity index (χ3n) is 5.55. The Morgan fingerprint density at radius 2 is 2.03 bits per heavy atom. The maximum Gasteiger partial charge on any atom is 0.290 e. The van der Waals surface area contributed by atoms with E-state index in [4.69, 9.17) is 9.15 Å². The smallest absolute Gasteiger partial charge is 0.290 e. The Balaban J connectivity index is 1.69. The molecule has 0 unspecified atom stereocenters. The van der Waals surface area contributed by atoms with Crippen LogP contribution in [0.3, 0.4) is 0 Å². The van der Waals surface area contributed by atoms with Gasteiger partial charge in [0.1, 0.15) is 11.8 Å². The van der Waals surface area contributed by atoms with Crippen LogP contribution in [0.15, 0.2) is 64.6 Å². The third kappa shape index (κ3) is 4.99. The molecule has 2 aromatic heterocycles. The number of carbonyl (C=O) groups excluding carboxylic acids is 2. The van der Waals surface area contributed by atoms with Crippen molar-refractivity contribution in [3.63, 3.8) is 0 Å². The molecule has 1 aromatic carbocycles. The van der Waals surface area contributed by atoms with E-state index in [9.17, 15) is 9.59 Å². The number of hydrogen-bond acceptors (Lipinski definition) is 5. The first-order chi connectivity index (χ1) is 15.2. The van der Waals surface area contributed by atoms with Gasteiger partial charge in [-0.2, -0.15) is 0 Å². The highest BCUT2D eigenvalue weighted by atomic mass is 32.1. The summed E-state index contributed by atoms with van der Waals surface area (Å²) in [6, 6.07) is 14.0. The van der Waals surface area contributed by atoms with E-state index >= 15 is 0 Å².